The maximum atomic E-state index is 13.1. The third-order valence-electron chi connectivity index (χ3n) is 5.66. The molecule has 2 amide bonds. The van der Waals surface area contributed by atoms with E-state index in [2.05, 4.69) is 16.7 Å². The first-order valence-electron chi connectivity index (χ1n) is 10.7. The number of nitrogens with one attached hydrogen (secondary N) is 2. The fourth-order valence-electron chi connectivity index (χ4n) is 3.99. The van der Waals surface area contributed by atoms with E-state index < -0.39 is 5.60 Å². The Morgan fingerprint density at radius 2 is 2.17 bits per heavy atom. The van der Waals surface area contributed by atoms with Crippen LogP contribution in [0.2, 0.25) is 0 Å². The number of morpholine rings is 1. The van der Waals surface area contributed by atoms with Crippen LogP contribution in [0.4, 0.5) is 0 Å². The zero-order chi connectivity index (χ0) is 21.4. The van der Waals surface area contributed by atoms with Crippen molar-refractivity contribution in [1.29, 1.82) is 0 Å². The van der Waals surface area contributed by atoms with Crippen molar-refractivity contribution in [3.8, 4) is 5.75 Å². The molecule has 2 N–H and O–H groups in total. The van der Waals surface area contributed by atoms with Crippen molar-refractivity contribution in [3.05, 3.63) is 29.8 Å². The molecule has 0 aliphatic carbocycles. The van der Waals surface area contributed by atoms with Crippen LogP contribution >= 0.6 is 0 Å². The van der Waals surface area contributed by atoms with Crippen LogP contribution in [0.1, 0.15) is 31.7 Å². The van der Waals surface area contributed by atoms with Crippen LogP contribution in [0.25, 0.3) is 0 Å². The molecule has 1 aromatic rings. The van der Waals surface area contributed by atoms with Gasteiger partial charge in [-0.3, -0.25) is 14.5 Å². The monoisotopic (exact) mass is 419 g/mol. The van der Waals surface area contributed by atoms with Gasteiger partial charge in [-0.15, -0.1) is 0 Å². The molecule has 8 heteroatoms. The van der Waals surface area contributed by atoms with E-state index in [-0.39, 0.29) is 24.6 Å². The highest BCUT2D eigenvalue weighted by Gasteiger charge is 2.43. The molecule has 1 fully saturated rings. The lowest BCUT2D eigenvalue weighted by atomic mass is 9.91. The molecular formula is C22H33N3O5. The Bertz CT molecular complexity index is 728. The largest absolute Gasteiger partial charge is 0.491 e. The van der Waals surface area contributed by atoms with Gasteiger partial charge in [0.25, 0.3) is 5.91 Å². The zero-order valence-corrected chi connectivity index (χ0v) is 17.9. The molecule has 2 atom stereocenters. The third kappa shape index (κ3) is 5.93. The Hall–Kier alpha value is -2.16. The summed E-state index contributed by atoms with van der Waals surface area (Å²) >= 11 is 0. The van der Waals surface area contributed by atoms with Gasteiger partial charge in [-0.25, -0.2) is 0 Å². The average molecular weight is 420 g/mol. The van der Waals surface area contributed by atoms with Gasteiger partial charge in [-0.2, -0.15) is 0 Å². The highest BCUT2D eigenvalue weighted by atomic mass is 16.5. The van der Waals surface area contributed by atoms with Crippen LogP contribution in [0.3, 0.4) is 0 Å². The Labute approximate surface area is 178 Å². The molecule has 8 nitrogen and oxygen atoms in total. The zero-order valence-electron chi connectivity index (χ0n) is 17.9. The summed E-state index contributed by atoms with van der Waals surface area (Å²) in [5.74, 6) is 0.633. The van der Waals surface area contributed by atoms with Crippen molar-refractivity contribution in [2.75, 3.05) is 46.5 Å². The van der Waals surface area contributed by atoms with Crippen LogP contribution in [-0.2, 0) is 25.5 Å². The van der Waals surface area contributed by atoms with E-state index in [4.69, 9.17) is 14.2 Å². The molecule has 1 aromatic carbocycles. The molecule has 2 aliphatic heterocycles. The molecule has 1 saturated heterocycles. The smallest absolute Gasteiger partial charge is 0.253 e. The van der Waals surface area contributed by atoms with Gasteiger partial charge in [-0.1, -0.05) is 18.2 Å². The molecule has 0 radical (unpaired) electrons. The van der Waals surface area contributed by atoms with Gasteiger partial charge < -0.3 is 24.8 Å². The van der Waals surface area contributed by atoms with Gasteiger partial charge in [0.2, 0.25) is 5.91 Å². The molecule has 2 aliphatic rings. The number of ether oxygens (including phenoxy) is 3. The van der Waals surface area contributed by atoms with E-state index in [9.17, 15) is 9.59 Å². The molecule has 2 unspecified atom stereocenters. The van der Waals surface area contributed by atoms with Gasteiger partial charge in [-0.05, 0) is 44.2 Å². The number of carbonyl (C=O) groups is 2. The average Bonchev–Trinajstić information content (AvgIpc) is 2.74. The summed E-state index contributed by atoms with van der Waals surface area (Å²) in [6.45, 7) is 4.22. The maximum absolute atomic E-state index is 13.1. The Balaban J connectivity index is 1.65. The summed E-state index contributed by atoms with van der Waals surface area (Å²) in [5, 5.41) is 5.75. The normalized spacial score (nSPS) is 24.5. The first kappa shape index (κ1) is 22.5. The predicted octanol–water partition coefficient (Wildman–Crippen LogP) is 1.09. The minimum absolute atomic E-state index is 0.125. The predicted molar refractivity (Wildman–Crippen MR) is 112 cm³/mol. The minimum Gasteiger partial charge on any atom is -0.491 e. The second kappa shape index (κ2) is 10.7. The lowest BCUT2D eigenvalue weighted by Crippen LogP contribution is -2.61. The van der Waals surface area contributed by atoms with Crippen molar-refractivity contribution >= 4 is 11.8 Å². The summed E-state index contributed by atoms with van der Waals surface area (Å²) in [7, 11) is 1.55. The number of fused-ring (bicyclic) bond motifs is 1. The number of para-hydroxylation sites is 1. The van der Waals surface area contributed by atoms with E-state index in [0.29, 0.717) is 39.3 Å². The fourth-order valence-corrected chi connectivity index (χ4v) is 3.99. The van der Waals surface area contributed by atoms with Crippen LogP contribution in [0.5, 0.6) is 5.75 Å². The van der Waals surface area contributed by atoms with Gasteiger partial charge in [0.05, 0.1) is 19.7 Å². The van der Waals surface area contributed by atoms with E-state index in [1.807, 2.05) is 23.1 Å². The van der Waals surface area contributed by atoms with Crippen LogP contribution in [0, 0.1) is 0 Å². The fraction of sp³-hybridized carbons (Fsp3) is 0.636. The Morgan fingerprint density at radius 1 is 1.33 bits per heavy atom. The van der Waals surface area contributed by atoms with E-state index in [0.717, 1.165) is 25.0 Å². The molecule has 3 rings (SSSR count). The van der Waals surface area contributed by atoms with Crippen molar-refractivity contribution in [1.82, 2.24) is 15.5 Å². The topological polar surface area (TPSA) is 89.1 Å². The molecular weight excluding hydrogens is 386 g/mol. The van der Waals surface area contributed by atoms with E-state index in [1.54, 1.807) is 14.0 Å². The number of hydrogen-bond acceptors (Lipinski definition) is 6. The van der Waals surface area contributed by atoms with Crippen LogP contribution < -0.4 is 15.4 Å². The summed E-state index contributed by atoms with van der Waals surface area (Å²) in [4.78, 5) is 27.3. The first-order chi connectivity index (χ1) is 14.5. The van der Waals surface area contributed by atoms with E-state index >= 15 is 0 Å². The number of benzene rings is 1. The Morgan fingerprint density at radius 3 is 3.00 bits per heavy atom. The molecule has 0 saturated carbocycles. The van der Waals surface area contributed by atoms with Crippen LogP contribution in [-0.4, -0.2) is 75.0 Å². The lowest BCUT2D eigenvalue weighted by Gasteiger charge is -2.41. The second-order valence-corrected chi connectivity index (χ2v) is 7.92. The molecule has 1 spiro atoms. The first-order valence-corrected chi connectivity index (χ1v) is 10.7. The SMILES string of the molecule is COC(C)NC(=O)CN1CCOC2(CCCCc3ccccc3OCCNC2=O)C1. The number of nitrogens with zero attached hydrogens (tertiary/aromatic N) is 1. The van der Waals surface area contributed by atoms with Crippen molar-refractivity contribution in [2.24, 2.45) is 0 Å². The molecule has 0 aromatic heterocycles. The van der Waals surface area contributed by atoms with Crippen molar-refractivity contribution in [2.45, 2.75) is 44.4 Å². The summed E-state index contributed by atoms with van der Waals surface area (Å²) in [6, 6.07) is 8.05. The number of hydrogen-bond donors (Lipinski definition) is 2. The standard InChI is InChI=1S/C22H33N3O5/c1-17(28-2)24-20(26)15-25-12-14-30-22(16-25)10-6-5-8-18-7-3-4-9-19(18)29-13-11-23-21(22)27/h3-4,7,9,17H,5-6,8,10-16H2,1-2H3,(H,23,27)(H,24,26). The summed E-state index contributed by atoms with van der Waals surface area (Å²) in [5.41, 5.74) is 0.248. The van der Waals surface area contributed by atoms with Gasteiger partial charge >= 0.3 is 0 Å². The highest BCUT2D eigenvalue weighted by molar-refractivity contribution is 5.86. The molecule has 2 heterocycles. The van der Waals surface area contributed by atoms with Crippen molar-refractivity contribution in [3.63, 3.8) is 0 Å². The third-order valence-corrected chi connectivity index (χ3v) is 5.66. The van der Waals surface area contributed by atoms with Crippen LogP contribution in [0.15, 0.2) is 24.3 Å². The number of carbonyl (C=O) groups excluding carboxylic acids is 2. The maximum Gasteiger partial charge on any atom is 0.253 e. The number of methoxy groups -OCH3 is 1. The molecule has 0 bridgehead atoms. The summed E-state index contributed by atoms with van der Waals surface area (Å²) < 4.78 is 17.0. The van der Waals surface area contributed by atoms with E-state index in [1.165, 1.54) is 5.56 Å². The highest BCUT2D eigenvalue weighted by Crippen LogP contribution is 2.27. The van der Waals surface area contributed by atoms with Gasteiger partial charge in [0.1, 0.15) is 18.6 Å². The minimum atomic E-state index is -0.940. The molecule has 30 heavy (non-hydrogen) atoms. The molecule has 166 valence electrons. The summed E-state index contributed by atoms with van der Waals surface area (Å²) in [6.07, 6.45) is 2.95. The quantitative estimate of drug-likeness (QED) is 0.711. The Kier molecular flexibility index (Phi) is 8.07. The van der Waals surface area contributed by atoms with Gasteiger partial charge in [0.15, 0.2) is 5.60 Å². The number of rotatable bonds is 4. The lowest BCUT2D eigenvalue weighted by molar-refractivity contribution is -0.163. The number of amides is 2. The second-order valence-electron chi connectivity index (χ2n) is 7.92. The number of aryl methyl sites for hydroxylation is 1. The van der Waals surface area contributed by atoms with Gasteiger partial charge in [0, 0.05) is 20.2 Å². The van der Waals surface area contributed by atoms with Crippen molar-refractivity contribution < 1.29 is 23.8 Å².